The number of hydrogen-bond acceptors (Lipinski definition) is 2. The molecule has 0 saturated heterocycles. The number of nitrogens with one attached hydrogen (secondary N) is 1. The summed E-state index contributed by atoms with van der Waals surface area (Å²) in [4.78, 5) is 10.2. The molecule has 0 fully saturated rings. The number of nitriles is 1. The summed E-state index contributed by atoms with van der Waals surface area (Å²) in [6.45, 7) is 0. The van der Waals surface area contributed by atoms with Gasteiger partial charge in [0, 0.05) is 6.04 Å². The average molecular weight is 108 g/mol. The summed E-state index contributed by atoms with van der Waals surface area (Å²) < 4.78 is 0. The summed E-state index contributed by atoms with van der Waals surface area (Å²) in [6.07, 6.45) is 4.49. The third kappa shape index (κ3) is 2.74. The fourth-order valence-corrected chi connectivity index (χ4v) is 0.196. The molecule has 0 aromatic carbocycles. The van der Waals surface area contributed by atoms with E-state index in [1.54, 1.807) is 6.07 Å². The fraction of sp³-hybridized carbons (Fsp3) is 0.200. The minimum atomic E-state index is -0.435. The Kier molecular flexibility index (Phi) is 3.02. The highest BCUT2D eigenvalue weighted by molar-refractivity contribution is 5.79. The molecule has 0 aliphatic heterocycles. The van der Waals surface area contributed by atoms with Crippen LogP contribution in [0.3, 0.4) is 0 Å². The lowest BCUT2D eigenvalue weighted by molar-refractivity contribution is -0.118. The van der Waals surface area contributed by atoms with E-state index >= 15 is 0 Å². The second-order valence-corrected chi connectivity index (χ2v) is 1.03. The normalized spacial score (nSPS) is 6.25. The van der Waals surface area contributed by atoms with Crippen molar-refractivity contribution in [3.05, 3.63) is 0 Å². The molecule has 0 aliphatic carbocycles. The first-order valence-electron chi connectivity index (χ1n) is 1.92. The molecular formula is C5H4N2O. The van der Waals surface area contributed by atoms with Crippen LogP contribution in [0.15, 0.2) is 0 Å². The molecule has 0 heterocycles. The van der Waals surface area contributed by atoms with Crippen LogP contribution in [-0.2, 0) is 4.79 Å². The van der Waals surface area contributed by atoms with Gasteiger partial charge in [0.2, 0.25) is 5.91 Å². The van der Waals surface area contributed by atoms with E-state index in [2.05, 4.69) is 6.42 Å². The number of terminal acetylenes is 1. The molecule has 0 aromatic heterocycles. The van der Waals surface area contributed by atoms with Crippen molar-refractivity contribution >= 4 is 5.91 Å². The Morgan fingerprint density at radius 1 is 1.88 bits per heavy atom. The van der Waals surface area contributed by atoms with Crippen molar-refractivity contribution in [1.82, 2.24) is 5.32 Å². The van der Waals surface area contributed by atoms with E-state index < -0.39 is 5.91 Å². The van der Waals surface area contributed by atoms with E-state index in [0.29, 0.717) is 0 Å². The number of carbonyl (C=O) groups excluding carboxylic acids is 1. The molecule has 8 heavy (non-hydrogen) atoms. The first-order valence-corrected chi connectivity index (χ1v) is 1.92. The van der Waals surface area contributed by atoms with Gasteiger partial charge in [-0.1, -0.05) is 6.42 Å². The van der Waals surface area contributed by atoms with Crippen molar-refractivity contribution < 1.29 is 4.79 Å². The number of amides is 1. The van der Waals surface area contributed by atoms with E-state index in [9.17, 15) is 4.79 Å². The van der Waals surface area contributed by atoms with Crippen molar-refractivity contribution in [1.29, 1.82) is 5.26 Å². The Morgan fingerprint density at radius 3 is 2.88 bits per heavy atom. The summed E-state index contributed by atoms with van der Waals surface area (Å²) >= 11 is 0. The van der Waals surface area contributed by atoms with Crippen LogP contribution in [0.4, 0.5) is 0 Å². The van der Waals surface area contributed by atoms with Gasteiger partial charge in [-0.25, -0.2) is 0 Å². The second-order valence-electron chi connectivity index (χ2n) is 1.03. The second kappa shape index (κ2) is 3.70. The third-order valence-electron chi connectivity index (χ3n) is 0.451. The van der Waals surface area contributed by atoms with E-state index in [-0.39, 0.29) is 6.42 Å². The standard InChI is InChI=1S/C5H4N2O/c1-2-7-5(8)3-4-6/h1H,3H2,(H,7,8). The number of carbonyl (C=O) groups is 1. The zero-order valence-corrected chi connectivity index (χ0v) is 4.14. The molecule has 0 spiro atoms. The van der Waals surface area contributed by atoms with Gasteiger partial charge in [0.15, 0.2) is 0 Å². The van der Waals surface area contributed by atoms with E-state index in [1.807, 2.05) is 11.4 Å². The predicted molar refractivity (Wildman–Crippen MR) is 27.2 cm³/mol. The van der Waals surface area contributed by atoms with Crippen molar-refractivity contribution in [2.45, 2.75) is 6.42 Å². The summed E-state index contributed by atoms with van der Waals surface area (Å²) in [5.41, 5.74) is 0. The Bertz CT molecular complexity index is 142. The molecule has 3 heteroatoms. The minimum absolute atomic E-state index is 0.176. The molecule has 3 nitrogen and oxygen atoms in total. The Morgan fingerprint density at radius 2 is 2.50 bits per heavy atom. The van der Waals surface area contributed by atoms with Crippen LogP contribution in [0.2, 0.25) is 0 Å². The molecule has 40 valence electrons. The average Bonchev–Trinajstić information content (AvgIpc) is 1.68. The maximum Gasteiger partial charge on any atom is 0.245 e. The summed E-state index contributed by atoms with van der Waals surface area (Å²) in [5, 5.41) is 9.90. The monoisotopic (exact) mass is 108 g/mol. The molecular weight excluding hydrogens is 104 g/mol. The molecule has 1 amide bonds. The lowest BCUT2D eigenvalue weighted by Gasteiger charge is -1.84. The van der Waals surface area contributed by atoms with Crippen LogP contribution in [-0.4, -0.2) is 5.91 Å². The molecule has 0 aliphatic rings. The van der Waals surface area contributed by atoms with Gasteiger partial charge >= 0.3 is 0 Å². The van der Waals surface area contributed by atoms with Crippen LogP contribution in [0.25, 0.3) is 0 Å². The summed E-state index contributed by atoms with van der Waals surface area (Å²) in [5.74, 6) is -0.435. The molecule has 0 bridgehead atoms. The highest BCUT2D eigenvalue weighted by Crippen LogP contribution is 1.70. The molecule has 0 unspecified atom stereocenters. The SMILES string of the molecule is C#CNC(=O)CC#N. The molecule has 0 atom stereocenters. The van der Waals surface area contributed by atoms with Gasteiger partial charge in [-0.2, -0.15) is 5.26 Å². The summed E-state index contributed by atoms with van der Waals surface area (Å²) in [6, 6.07) is 3.55. The zero-order valence-electron chi connectivity index (χ0n) is 4.14. The Hall–Kier alpha value is -1.48. The number of rotatable bonds is 1. The van der Waals surface area contributed by atoms with Gasteiger partial charge in [-0.3, -0.25) is 10.1 Å². The van der Waals surface area contributed by atoms with Gasteiger partial charge in [0.25, 0.3) is 0 Å². The first-order chi connectivity index (χ1) is 3.81. The molecule has 0 aromatic rings. The van der Waals surface area contributed by atoms with Gasteiger partial charge in [0.1, 0.15) is 6.42 Å². The maximum atomic E-state index is 10.2. The topological polar surface area (TPSA) is 52.9 Å². The molecule has 1 N–H and O–H groups in total. The molecule has 0 saturated carbocycles. The predicted octanol–water partition coefficient (Wildman–Crippen LogP) is -0.393. The van der Waals surface area contributed by atoms with Crippen LogP contribution >= 0.6 is 0 Å². The van der Waals surface area contributed by atoms with Crippen LogP contribution in [0, 0.1) is 23.8 Å². The van der Waals surface area contributed by atoms with Gasteiger partial charge in [-0.15, -0.1) is 0 Å². The van der Waals surface area contributed by atoms with E-state index in [1.165, 1.54) is 0 Å². The highest BCUT2D eigenvalue weighted by Gasteiger charge is 1.92. The van der Waals surface area contributed by atoms with Crippen LogP contribution < -0.4 is 5.32 Å². The van der Waals surface area contributed by atoms with Crippen molar-refractivity contribution in [2.24, 2.45) is 0 Å². The van der Waals surface area contributed by atoms with E-state index in [0.717, 1.165) is 0 Å². The van der Waals surface area contributed by atoms with E-state index in [4.69, 9.17) is 5.26 Å². The lowest BCUT2D eigenvalue weighted by Crippen LogP contribution is -2.15. The van der Waals surface area contributed by atoms with Gasteiger partial charge in [-0.05, 0) is 0 Å². The number of nitrogens with zero attached hydrogens (tertiary/aromatic N) is 1. The molecule has 0 rings (SSSR count). The first kappa shape index (κ1) is 6.52. The lowest BCUT2D eigenvalue weighted by atomic mass is 10.4. The quantitative estimate of drug-likeness (QED) is 0.367. The third-order valence-corrected chi connectivity index (χ3v) is 0.451. The zero-order chi connectivity index (χ0) is 6.41. The van der Waals surface area contributed by atoms with Crippen molar-refractivity contribution in [3.63, 3.8) is 0 Å². The fourth-order valence-electron chi connectivity index (χ4n) is 0.196. The largest absolute Gasteiger partial charge is 0.284 e. The smallest absolute Gasteiger partial charge is 0.245 e. The highest BCUT2D eigenvalue weighted by atomic mass is 16.1. The molecule has 0 radical (unpaired) electrons. The van der Waals surface area contributed by atoms with Gasteiger partial charge in [0.05, 0.1) is 6.07 Å². The summed E-state index contributed by atoms with van der Waals surface area (Å²) in [7, 11) is 0. The van der Waals surface area contributed by atoms with Crippen molar-refractivity contribution in [3.8, 4) is 18.5 Å². The Balaban J connectivity index is 3.41. The number of hydrogen-bond donors (Lipinski definition) is 1. The Labute approximate surface area is 47.3 Å². The van der Waals surface area contributed by atoms with Gasteiger partial charge < -0.3 is 0 Å². The van der Waals surface area contributed by atoms with Crippen LogP contribution in [0.1, 0.15) is 6.42 Å². The maximum absolute atomic E-state index is 10.2. The van der Waals surface area contributed by atoms with Crippen LogP contribution in [0.5, 0.6) is 0 Å². The van der Waals surface area contributed by atoms with Crippen molar-refractivity contribution in [2.75, 3.05) is 0 Å². The minimum Gasteiger partial charge on any atom is -0.284 e.